The van der Waals surface area contributed by atoms with Crippen LogP contribution in [-0.2, 0) is 19.5 Å². The summed E-state index contributed by atoms with van der Waals surface area (Å²) in [5.41, 5.74) is 2.45. The van der Waals surface area contributed by atoms with E-state index in [-0.39, 0.29) is 5.56 Å². The van der Waals surface area contributed by atoms with E-state index in [2.05, 4.69) is 10.4 Å². The van der Waals surface area contributed by atoms with E-state index in [0.29, 0.717) is 17.3 Å². The quantitative estimate of drug-likeness (QED) is 0.915. The molecule has 110 valence electrons. The Hall–Kier alpha value is -2.06. The molecule has 21 heavy (non-hydrogen) atoms. The van der Waals surface area contributed by atoms with E-state index >= 15 is 0 Å². The van der Waals surface area contributed by atoms with Crippen LogP contribution in [0.15, 0.2) is 18.2 Å². The molecule has 0 aliphatic rings. The van der Waals surface area contributed by atoms with Gasteiger partial charge in [-0.2, -0.15) is 10.4 Å². The van der Waals surface area contributed by atoms with Gasteiger partial charge in [0.05, 0.1) is 28.5 Å². The molecule has 0 spiro atoms. The van der Waals surface area contributed by atoms with E-state index in [1.807, 2.05) is 24.6 Å². The summed E-state index contributed by atoms with van der Waals surface area (Å²) in [5, 5.41) is 17.1. The highest BCUT2D eigenvalue weighted by Gasteiger charge is 2.14. The number of halogens is 2. The largest absolute Gasteiger partial charge is 0.379 e. The van der Waals surface area contributed by atoms with Crippen LogP contribution in [0.1, 0.15) is 30.8 Å². The third-order valence-corrected chi connectivity index (χ3v) is 3.68. The molecule has 0 aliphatic heterocycles. The molecule has 0 aliphatic carbocycles. The minimum absolute atomic E-state index is 0.0179. The Morgan fingerprint density at radius 2 is 2.19 bits per heavy atom. The first kappa shape index (κ1) is 15.3. The van der Waals surface area contributed by atoms with Crippen molar-refractivity contribution in [3.8, 4) is 6.07 Å². The van der Waals surface area contributed by atoms with Crippen molar-refractivity contribution in [1.82, 2.24) is 9.78 Å². The number of aromatic nitrogens is 2. The summed E-state index contributed by atoms with van der Waals surface area (Å²) in [6, 6.07) is 6.17. The van der Waals surface area contributed by atoms with Crippen molar-refractivity contribution in [2.24, 2.45) is 0 Å². The van der Waals surface area contributed by atoms with Gasteiger partial charge in [-0.05, 0) is 31.5 Å². The average molecular weight is 307 g/mol. The minimum Gasteiger partial charge on any atom is -0.379 e. The van der Waals surface area contributed by atoms with Crippen molar-refractivity contribution < 1.29 is 4.39 Å². The molecule has 0 fully saturated rings. The van der Waals surface area contributed by atoms with Gasteiger partial charge in [-0.3, -0.25) is 4.68 Å². The lowest BCUT2D eigenvalue weighted by molar-refractivity contribution is 0.618. The molecule has 1 aromatic carbocycles. The Labute approximate surface area is 128 Å². The third-order valence-electron chi connectivity index (χ3n) is 3.24. The number of rotatable bonds is 5. The number of benzene rings is 1. The molecule has 0 atom stereocenters. The predicted molar refractivity (Wildman–Crippen MR) is 80.7 cm³/mol. The van der Waals surface area contributed by atoms with Crippen molar-refractivity contribution in [2.45, 2.75) is 33.4 Å². The van der Waals surface area contributed by atoms with Gasteiger partial charge in [0.1, 0.15) is 11.9 Å². The van der Waals surface area contributed by atoms with Gasteiger partial charge in [0.2, 0.25) is 0 Å². The van der Waals surface area contributed by atoms with E-state index in [4.69, 9.17) is 16.9 Å². The Morgan fingerprint density at radius 1 is 1.43 bits per heavy atom. The number of aryl methyl sites for hydroxylation is 2. The molecule has 0 saturated heterocycles. The second-order valence-corrected chi connectivity index (χ2v) is 4.91. The van der Waals surface area contributed by atoms with Crippen molar-refractivity contribution in [3.63, 3.8) is 0 Å². The molecule has 2 aromatic rings. The Bertz CT molecular complexity index is 688. The molecule has 2 rings (SSSR count). The lowest BCUT2D eigenvalue weighted by Gasteiger charge is -2.09. The van der Waals surface area contributed by atoms with Gasteiger partial charge in [0.15, 0.2) is 0 Å². The van der Waals surface area contributed by atoms with Crippen LogP contribution in [-0.4, -0.2) is 9.78 Å². The molecule has 6 heteroatoms. The summed E-state index contributed by atoms with van der Waals surface area (Å²) in [7, 11) is 0. The van der Waals surface area contributed by atoms with Gasteiger partial charge < -0.3 is 5.32 Å². The molecule has 0 bridgehead atoms. The van der Waals surface area contributed by atoms with E-state index in [0.717, 1.165) is 24.4 Å². The van der Waals surface area contributed by atoms with Crippen molar-refractivity contribution in [1.29, 1.82) is 5.26 Å². The van der Waals surface area contributed by atoms with E-state index in [1.54, 1.807) is 6.07 Å². The summed E-state index contributed by atoms with van der Waals surface area (Å²) in [5.74, 6) is -0.520. The molecule has 1 N–H and O–H groups in total. The smallest absolute Gasteiger partial charge is 0.141 e. The number of anilines is 1. The molecule has 0 radical (unpaired) electrons. The fraction of sp³-hybridized carbons (Fsp3) is 0.333. The van der Waals surface area contributed by atoms with Crippen LogP contribution in [0.2, 0.25) is 5.02 Å². The Morgan fingerprint density at radius 3 is 2.81 bits per heavy atom. The van der Waals surface area contributed by atoms with Gasteiger partial charge >= 0.3 is 0 Å². The van der Waals surface area contributed by atoms with Crippen molar-refractivity contribution >= 4 is 17.3 Å². The van der Waals surface area contributed by atoms with Gasteiger partial charge in [0.25, 0.3) is 0 Å². The number of nitrogens with one attached hydrogen (secondary N) is 1. The fourth-order valence-electron chi connectivity index (χ4n) is 2.09. The first-order valence-electron chi connectivity index (χ1n) is 6.78. The lowest BCUT2D eigenvalue weighted by atomic mass is 10.2. The summed E-state index contributed by atoms with van der Waals surface area (Å²) in [4.78, 5) is 0. The Kier molecular flexibility index (Phi) is 4.81. The molecule has 1 aromatic heterocycles. The zero-order valence-corrected chi connectivity index (χ0v) is 12.7. The Balaban J connectivity index is 2.20. The van der Waals surface area contributed by atoms with Gasteiger partial charge in [0, 0.05) is 12.2 Å². The maximum atomic E-state index is 13.3. The maximum Gasteiger partial charge on any atom is 0.141 e. The normalized spacial score (nSPS) is 10.4. The fourth-order valence-corrected chi connectivity index (χ4v) is 2.43. The summed E-state index contributed by atoms with van der Waals surface area (Å²) in [6.45, 7) is 5.20. The second kappa shape index (κ2) is 6.59. The van der Waals surface area contributed by atoms with Crippen LogP contribution in [0.3, 0.4) is 0 Å². The van der Waals surface area contributed by atoms with E-state index < -0.39 is 5.82 Å². The van der Waals surface area contributed by atoms with Crippen LogP contribution >= 0.6 is 11.6 Å². The number of hydrogen-bond acceptors (Lipinski definition) is 3. The summed E-state index contributed by atoms with van der Waals surface area (Å²) >= 11 is 6.32. The van der Waals surface area contributed by atoms with Crippen LogP contribution < -0.4 is 5.32 Å². The van der Waals surface area contributed by atoms with Crippen LogP contribution in [0.4, 0.5) is 10.1 Å². The SMILES string of the molecule is CCc1nn(CC)c(CNc2ccc(F)c(C#N)c2)c1Cl. The molecule has 1 heterocycles. The number of nitrogens with zero attached hydrogens (tertiary/aromatic N) is 3. The standard InChI is InChI=1S/C15H16ClFN4/c1-3-13-15(16)14(21(4-2)20-13)9-19-11-5-6-12(17)10(7-11)8-18/h5-7,19H,3-4,9H2,1-2H3. The number of nitriles is 1. The van der Waals surface area contributed by atoms with Crippen LogP contribution in [0.25, 0.3) is 0 Å². The zero-order valence-electron chi connectivity index (χ0n) is 12.0. The van der Waals surface area contributed by atoms with Crippen molar-refractivity contribution in [2.75, 3.05) is 5.32 Å². The molecular weight excluding hydrogens is 291 g/mol. The second-order valence-electron chi connectivity index (χ2n) is 4.54. The van der Waals surface area contributed by atoms with E-state index in [1.165, 1.54) is 12.1 Å². The van der Waals surface area contributed by atoms with Crippen molar-refractivity contribution in [3.05, 3.63) is 46.0 Å². The highest BCUT2D eigenvalue weighted by atomic mass is 35.5. The van der Waals surface area contributed by atoms with Crippen LogP contribution in [0, 0.1) is 17.1 Å². The lowest BCUT2D eigenvalue weighted by Crippen LogP contribution is -2.08. The maximum absolute atomic E-state index is 13.3. The first-order valence-corrected chi connectivity index (χ1v) is 7.16. The monoisotopic (exact) mass is 306 g/mol. The summed E-state index contributed by atoms with van der Waals surface area (Å²) in [6.07, 6.45) is 0.772. The average Bonchev–Trinajstić information content (AvgIpc) is 2.82. The highest BCUT2D eigenvalue weighted by Crippen LogP contribution is 2.23. The number of hydrogen-bond donors (Lipinski definition) is 1. The molecular formula is C15H16ClFN4. The minimum atomic E-state index is -0.520. The zero-order chi connectivity index (χ0) is 15.4. The molecule has 0 unspecified atom stereocenters. The topological polar surface area (TPSA) is 53.6 Å². The first-order chi connectivity index (χ1) is 10.1. The van der Waals surface area contributed by atoms with E-state index in [9.17, 15) is 4.39 Å². The molecule has 0 amide bonds. The van der Waals surface area contributed by atoms with Gasteiger partial charge in [-0.25, -0.2) is 4.39 Å². The summed E-state index contributed by atoms with van der Waals surface area (Å²) < 4.78 is 15.1. The molecule has 0 saturated carbocycles. The highest BCUT2D eigenvalue weighted by molar-refractivity contribution is 6.31. The third kappa shape index (κ3) is 3.17. The molecule has 4 nitrogen and oxygen atoms in total. The van der Waals surface area contributed by atoms with Gasteiger partial charge in [-0.1, -0.05) is 18.5 Å². The van der Waals surface area contributed by atoms with Gasteiger partial charge in [-0.15, -0.1) is 0 Å². The van der Waals surface area contributed by atoms with Crippen LogP contribution in [0.5, 0.6) is 0 Å². The predicted octanol–water partition coefficient (Wildman–Crippen LogP) is 3.74.